The van der Waals surface area contributed by atoms with Crippen LogP contribution in [0.15, 0.2) is 39.6 Å². The van der Waals surface area contributed by atoms with E-state index in [0.717, 1.165) is 5.56 Å². The van der Waals surface area contributed by atoms with Crippen LogP contribution in [0.5, 0.6) is 0 Å². The summed E-state index contributed by atoms with van der Waals surface area (Å²) in [6.45, 7) is 1.72. The number of H-pyrrole nitrogens is 1. The van der Waals surface area contributed by atoms with E-state index in [1.165, 1.54) is 0 Å². The fourth-order valence-corrected chi connectivity index (χ4v) is 1.74. The van der Waals surface area contributed by atoms with Crippen molar-refractivity contribution in [3.05, 3.63) is 46.5 Å². The quantitative estimate of drug-likeness (QED) is 0.689. The molecule has 1 aromatic carbocycles. The first-order valence-electron chi connectivity index (χ1n) is 5.17. The highest BCUT2D eigenvalue weighted by atomic mass is 16.5. The molecule has 2 heterocycles. The molecule has 0 unspecified atom stereocenters. The van der Waals surface area contributed by atoms with Crippen LogP contribution in [0.25, 0.3) is 22.4 Å². The molecule has 5 nitrogen and oxygen atoms in total. The summed E-state index contributed by atoms with van der Waals surface area (Å²) in [5, 5.41) is 3.91. The van der Waals surface area contributed by atoms with Crippen LogP contribution in [0.2, 0.25) is 0 Å². The lowest BCUT2D eigenvalue weighted by atomic mass is 10.1. The fraction of sp³-hybridized carbons (Fsp3) is 0.0833. The van der Waals surface area contributed by atoms with Gasteiger partial charge in [-0.15, -0.1) is 0 Å². The van der Waals surface area contributed by atoms with E-state index in [4.69, 9.17) is 4.52 Å². The molecule has 0 radical (unpaired) electrons. The highest BCUT2D eigenvalue weighted by Crippen LogP contribution is 2.23. The van der Waals surface area contributed by atoms with Crippen LogP contribution in [-0.4, -0.2) is 15.1 Å². The lowest BCUT2D eigenvalue weighted by Gasteiger charge is -1.95. The van der Waals surface area contributed by atoms with E-state index < -0.39 is 0 Å². The van der Waals surface area contributed by atoms with E-state index in [-0.39, 0.29) is 11.1 Å². The van der Waals surface area contributed by atoms with Gasteiger partial charge >= 0.3 is 0 Å². The van der Waals surface area contributed by atoms with Crippen LogP contribution in [0.4, 0.5) is 0 Å². The smallest absolute Gasteiger partial charge is 0.297 e. The minimum absolute atomic E-state index is 0.162. The summed E-state index contributed by atoms with van der Waals surface area (Å²) in [7, 11) is 0. The Morgan fingerprint density at radius 3 is 2.76 bits per heavy atom. The zero-order valence-corrected chi connectivity index (χ0v) is 9.10. The molecule has 17 heavy (non-hydrogen) atoms. The number of benzene rings is 1. The van der Waals surface area contributed by atoms with Crippen molar-refractivity contribution >= 4 is 11.1 Å². The molecule has 0 spiro atoms. The van der Waals surface area contributed by atoms with Gasteiger partial charge in [0.25, 0.3) is 11.1 Å². The van der Waals surface area contributed by atoms with Gasteiger partial charge in [0.05, 0.1) is 0 Å². The van der Waals surface area contributed by atoms with Crippen LogP contribution in [0, 0.1) is 6.92 Å². The molecule has 0 amide bonds. The second kappa shape index (κ2) is 3.55. The molecule has 84 valence electrons. The molecule has 0 saturated heterocycles. The van der Waals surface area contributed by atoms with Crippen molar-refractivity contribution in [1.82, 2.24) is 15.1 Å². The standard InChI is InChI=1S/C12H9N3O2/c1-7-13-10-9(8-5-3-2-4-6-8)15-17-11(10)12(16)14-7/h2-6H,1H3,(H,13,14,16). The third-order valence-corrected chi connectivity index (χ3v) is 2.49. The molecule has 1 N–H and O–H groups in total. The highest BCUT2D eigenvalue weighted by Gasteiger charge is 2.14. The Bertz CT molecular complexity index is 728. The van der Waals surface area contributed by atoms with Gasteiger partial charge in [-0.2, -0.15) is 0 Å². The van der Waals surface area contributed by atoms with Crippen LogP contribution in [-0.2, 0) is 0 Å². The van der Waals surface area contributed by atoms with Crippen molar-refractivity contribution in [1.29, 1.82) is 0 Å². The summed E-state index contributed by atoms with van der Waals surface area (Å²) in [4.78, 5) is 18.5. The van der Waals surface area contributed by atoms with Crippen molar-refractivity contribution in [2.24, 2.45) is 0 Å². The average molecular weight is 227 g/mol. The van der Waals surface area contributed by atoms with Crippen LogP contribution in [0.3, 0.4) is 0 Å². The summed E-state index contributed by atoms with van der Waals surface area (Å²) >= 11 is 0. The molecule has 0 fully saturated rings. The first-order chi connectivity index (χ1) is 8.25. The van der Waals surface area contributed by atoms with Gasteiger partial charge in [0, 0.05) is 5.56 Å². The molecule has 0 atom stereocenters. The maximum absolute atomic E-state index is 11.6. The average Bonchev–Trinajstić information content (AvgIpc) is 2.74. The highest BCUT2D eigenvalue weighted by molar-refractivity contribution is 5.87. The molecule has 0 aliphatic carbocycles. The van der Waals surface area contributed by atoms with Crippen LogP contribution < -0.4 is 5.56 Å². The largest absolute Gasteiger partial charge is 0.348 e. The van der Waals surface area contributed by atoms with E-state index >= 15 is 0 Å². The van der Waals surface area contributed by atoms with Crippen molar-refractivity contribution < 1.29 is 4.52 Å². The predicted octanol–water partition coefficient (Wildman–Crippen LogP) is 1.89. The number of nitrogens with zero attached hydrogens (tertiary/aromatic N) is 2. The minimum atomic E-state index is -0.304. The monoisotopic (exact) mass is 227 g/mol. The van der Waals surface area contributed by atoms with Crippen molar-refractivity contribution in [3.63, 3.8) is 0 Å². The Hall–Kier alpha value is -2.43. The second-order valence-corrected chi connectivity index (χ2v) is 3.73. The Morgan fingerprint density at radius 2 is 2.00 bits per heavy atom. The third-order valence-electron chi connectivity index (χ3n) is 2.49. The second-order valence-electron chi connectivity index (χ2n) is 3.73. The van der Waals surface area contributed by atoms with E-state index in [1.54, 1.807) is 6.92 Å². The number of nitrogens with one attached hydrogen (secondary N) is 1. The van der Waals surface area contributed by atoms with E-state index in [1.807, 2.05) is 30.3 Å². The number of aromatic nitrogens is 3. The normalized spacial score (nSPS) is 10.9. The fourth-order valence-electron chi connectivity index (χ4n) is 1.74. The Balaban J connectivity index is 2.36. The van der Waals surface area contributed by atoms with Gasteiger partial charge in [0.2, 0.25) is 0 Å². The number of fused-ring (bicyclic) bond motifs is 1. The van der Waals surface area contributed by atoms with E-state index in [2.05, 4.69) is 15.1 Å². The van der Waals surface area contributed by atoms with Crippen LogP contribution >= 0.6 is 0 Å². The number of aryl methyl sites for hydroxylation is 1. The molecule has 3 aromatic rings. The van der Waals surface area contributed by atoms with E-state index in [9.17, 15) is 4.79 Å². The lowest BCUT2D eigenvalue weighted by molar-refractivity contribution is 0.456. The molecule has 0 saturated carbocycles. The summed E-state index contributed by atoms with van der Waals surface area (Å²) in [5.41, 5.74) is 1.83. The first-order valence-corrected chi connectivity index (χ1v) is 5.17. The Morgan fingerprint density at radius 1 is 1.24 bits per heavy atom. The van der Waals surface area contributed by atoms with Gasteiger partial charge in [-0.25, -0.2) is 4.98 Å². The molecule has 0 bridgehead atoms. The maximum Gasteiger partial charge on any atom is 0.297 e. The predicted molar refractivity (Wildman–Crippen MR) is 62.6 cm³/mol. The summed E-state index contributed by atoms with van der Waals surface area (Å²) in [5.74, 6) is 0.544. The number of hydrogen-bond donors (Lipinski definition) is 1. The summed E-state index contributed by atoms with van der Waals surface area (Å²) < 4.78 is 5.03. The molecule has 0 aliphatic heterocycles. The molecule has 2 aromatic heterocycles. The van der Waals surface area contributed by atoms with E-state index in [0.29, 0.717) is 17.0 Å². The molecular formula is C12H9N3O2. The van der Waals surface area contributed by atoms with Gasteiger partial charge in [-0.3, -0.25) is 4.79 Å². The molecule has 0 aliphatic rings. The van der Waals surface area contributed by atoms with Gasteiger partial charge in [-0.05, 0) is 6.92 Å². The Kier molecular flexibility index (Phi) is 2.04. The van der Waals surface area contributed by atoms with Crippen LogP contribution in [0.1, 0.15) is 5.82 Å². The number of hydrogen-bond acceptors (Lipinski definition) is 4. The zero-order chi connectivity index (χ0) is 11.8. The number of rotatable bonds is 1. The lowest BCUT2D eigenvalue weighted by Crippen LogP contribution is -2.08. The zero-order valence-electron chi connectivity index (χ0n) is 9.10. The van der Waals surface area contributed by atoms with Gasteiger partial charge in [0.1, 0.15) is 17.0 Å². The topological polar surface area (TPSA) is 71.8 Å². The third kappa shape index (κ3) is 1.52. The van der Waals surface area contributed by atoms with Crippen molar-refractivity contribution in [3.8, 4) is 11.3 Å². The van der Waals surface area contributed by atoms with Crippen molar-refractivity contribution in [2.45, 2.75) is 6.92 Å². The Labute approximate surface area is 96.1 Å². The van der Waals surface area contributed by atoms with Gasteiger partial charge in [0.15, 0.2) is 0 Å². The number of aromatic amines is 1. The first kappa shape index (κ1) is 9.77. The summed E-state index contributed by atoms with van der Waals surface area (Å²) in [6, 6.07) is 9.51. The minimum Gasteiger partial charge on any atom is -0.348 e. The summed E-state index contributed by atoms with van der Waals surface area (Å²) in [6.07, 6.45) is 0. The van der Waals surface area contributed by atoms with Gasteiger partial charge in [-0.1, -0.05) is 35.5 Å². The molecule has 5 heteroatoms. The molecule has 3 rings (SSSR count). The SMILES string of the molecule is Cc1nc2c(-c3ccccc3)noc2c(=O)[nH]1. The van der Waals surface area contributed by atoms with Gasteiger partial charge < -0.3 is 9.51 Å². The molecular weight excluding hydrogens is 218 g/mol. The van der Waals surface area contributed by atoms with Crippen molar-refractivity contribution in [2.75, 3.05) is 0 Å². The maximum atomic E-state index is 11.6.